The van der Waals surface area contributed by atoms with Crippen LogP contribution in [0.5, 0.6) is 5.75 Å². The first-order chi connectivity index (χ1) is 10.6. The molecule has 0 aliphatic carbocycles. The summed E-state index contributed by atoms with van der Waals surface area (Å²) in [5.41, 5.74) is 2.93. The monoisotopic (exact) mass is 312 g/mol. The van der Waals surface area contributed by atoms with Gasteiger partial charge in [0.05, 0.1) is 0 Å². The zero-order chi connectivity index (χ0) is 15.5. The third-order valence-electron chi connectivity index (χ3n) is 3.23. The van der Waals surface area contributed by atoms with Crippen LogP contribution < -0.4 is 5.32 Å². The van der Waals surface area contributed by atoms with Crippen molar-refractivity contribution >= 4 is 23.2 Å². The molecule has 0 bridgehead atoms. The fraction of sp³-hybridized carbons (Fsp3) is 0. The Bertz CT molecular complexity index is 792. The fourth-order valence-electron chi connectivity index (χ4n) is 2.08. The summed E-state index contributed by atoms with van der Waals surface area (Å²) < 4.78 is 0. The quantitative estimate of drug-likeness (QED) is 0.675. The molecule has 0 saturated carbocycles. The van der Waals surface area contributed by atoms with Crippen LogP contribution in [0.3, 0.4) is 0 Å². The fourth-order valence-corrected chi connectivity index (χ4v) is 2.20. The molecule has 3 aromatic rings. The van der Waals surface area contributed by atoms with Crippen LogP contribution >= 0.6 is 11.6 Å². The molecule has 4 nitrogen and oxygen atoms in total. The van der Waals surface area contributed by atoms with Crippen LogP contribution in [-0.4, -0.2) is 16.0 Å². The molecular weight excluding hydrogens is 300 g/mol. The first-order valence-electron chi connectivity index (χ1n) is 6.66. The number of aromatic nitrogens is 1. The van der Waals surface area contributed by atoms with E-state index in [1.54, 1.807) is 60.8 Å². The molecule has 1 aromatic heterocycles. The van der Waals surface area contributed by atoms with Crippen molar-refractivity contribution in [2.24, 2.45) is 0 Å². The first kappa shape index (κ1) is 14.2. The van der Waals surface area contributed by atoms with Gasteiger partial charge < -0.3 is 15.4 Å². The molecule has 3 rings (SSSR count). The average Bonchev–Trinajstić information content (AvgIpc) is 3.00. The van der Waals surface area contributed by atoms with E-state index in [-0.39, 0.29) is 11.7 Å². The van der Waals surface area contributed by atoms with Crippen molar-refractivity contribution in [3.63, 3.8) is 0 Å². The molecule has 2 aromatic carbocycles. The summed E-state index contributed by atoms with van der Waals surface area (Å²) in [5.74, 6) is -0.0210. The number of hydrogen-bond acceptors (Lipinski definition) is 2. The molecule has 3 N–H and O–H groups in total. The Labute approximate surface area is 132 Å². The van der Waals surface area contributed by atoms with Gasteiger partial charge in [0.15, 0.2) is 0 Å². The largest absolute Gasteiger partial charge is 0.508 e. The molecular formula is C17H13ClN2O2. The zero-order valence-electron chi connectivity index (χ0n) is 11.5. The Morgan fingerprint density at radius 2 is 1.68 bits per heavy atom. The number of carbonyl (C=O) groups is 1. The summed E-state index contributed by atoms with van der Waals surface area (Å²) >= 11 is 5.81. The first-order valence-corrected chi connectivity index (χ1v) is 7.04. The summed E-state index contributed by atoms with van der Waals surface area (Å²) in [6.45, 7) is 0. The molecule has 0 fully saturated rings. The highest BCUT2D eigenvalue weighted by Crippen LogP contribution is 2.23. The van der Waals surface area contributed by atoms with Gasteiger partial charge in [0.2, 0.25) is 0 Å². The third-order valence-corrected chi connectivity index (χ3v) is 3.48. The van der Waals surface area contributed by atoms with E-state index in [0.717, 1.165) is 11.1 Å². The van der Waals surface area contributed by atoms with Gasteiger partial charge in [0.25, 0.3) is 5.91 Å². The van der Waals surface area contributed by atoms with Crippen molar-refractivity contribution in [3.8, 4) is 16.9 Å². The minimum atomic E-state index is -0.229. The lowest BCUT2D eigenvalue weighted by Gasteiger charge is -2.03. The van der Waals surface area contributed by atoms with E-state index in [9.17, 15) is 9.90 Å². The second kappa shape index (κ2) is 5.95. The summed E-state index contributed by atoms with van der Waals surface area (Å²) in [6.07, 6.45) is 1.75. The topological polar surface area (TPSA) is 65.1 Å². The predicted octanol–water partition coefficient (Wildman–Crippen LogP) is 4.29. The summed E-state index contributed by atoms with van der Waals surface area (Å²) in [7, 11) is 0. The number of aromatic amines is 1. The maximum Gasteiger partial charge on any atom is 0.272 e. The van der Waals surface area contributed by atoms with Gasteiger partial charge in [0, 0.05) is 16.9 Å². The van der Waals surface area contributed by atoms with E-state index < -0.39 is 0 Å². The third kappa shape index (κ3) is 3.13. The second-order valence-corrected chi connectivity index (χ2v) is 5.25. The van der Waals surface area contributed by atoms with E-state index in [2.05, 4.69) is 10.3 Å². The molecule has 0 aliphatic rings. The van der Waals surface area contributed by atoms with Gasteiger partial charge in [-0.1, -0.05) is 23.7 Å². The number of phenolic OH excluding ortho intramolecular Hbond substituents is 1. The number of phenols is 1. The van der Waals surface area contributed by atoms with Gasteiger partial charge in [-0.15, -0.1) is 0 Å². The van der Waals surface area contributed by atoms with E-state index in [0.29, 0.717) is 16.4 Å². The van der Waals surface area contributed by atoms with Crippen LogP contribution in [-0.2, 0) is 0 Å². The SMILES string of the molecule is O=C(Nc1ccc(Cl)cc1)c1cc(-c2ccc(O)cc2)c[nH]1. The number of benzene rings is 2. The molecule has 110 valence electrons. The zero-order valence-corrected chi connectivity index (χ0v) is 12.3. The normalized spacial score (nSPS) is 10.4. The summed E-state index contributed by atoms with van der Waals surface area (Å²) in [6, 6.07) is 15.5. The molecule has 1 heterocycles. The van der Waals surface area contributed by atoms with Gasteiger partial charge >= 0.3 is 0 Å². The van der Waals surface area contributed by atoms with Gasteiger partial charge in [0.1, 0.15) is 11.4 Å². The van der Waals surface area contributed by atoms with E-state index in [4.69, 9.17) is 11.6 Å². The number of amides is 1. The maximum atomic E-state index is 12.2. The van der Waals surface area contributed by atoms with E-state index in [1.807, 2.05) is 0 Å². The number of hydrogen-bond donors (Lipinski definition) is 3. The molecule has 0 radical (unpaired) electrons. The van der Waals surface area contributed by atoms with Gasteiger partial charge in [-0.3, -0.25) is 4.79 Å². The van der Waals surface area contributed by atoms with E-state index in [1.165, 1.54) is 0 Å². The number of rotatable bonds is 3. The highest BCUT2D eigenvalue weighted by molar-refractivity contribution is 6.30. The van der Waals surface area contributed by atoms with Crippen molar-refractivity contribution < 1.29 is 9.90 Å². The van der Waals surface area contributed by atoms with Crippen molar-refractivity contribution in [3.05, 3.63) is 71.5 Å². The minimum absolute atomic E-state index is 0.208. The Balaban J connectivity index is 1.76. The molecule has 22 heavy (non-hydrogen) atoms. The summed E-state index contributed by atoms with van der Waals surface area (Å²) in [5, 5.41) is 12.7. The molecule has 0 saturated heterocycles. The van der Waals surface area contributed by atoms with Crippen molar-refractivity contribution in [2.45, 2.75) is 0 Å². The minimum Gasteiger partial charge on any atom is -0.508 e. The highest BCUT2D eigenvalue weighted by atomic mass is 35.5. The Morgan fingerprint density at radius 1 is 1.00 bits per heavy atom. The number of nitrogens with one attached hydrogen (secondary N) is 2. The number of anilines is 1. The van der Waals surface area contributed by atoms with Gasteiger partial charge in [-0.05, 0) is 53.6 Å². The maximum absolute atomic E-state index is 12.2. The number of aromatic hydroxyl groups is 1. The highest BCUT2D eigenvalue weighted by Gasteiger charge is 2.10. The van der Waals surface area contributed by atoms with Crippen LogP contribution in [0.1, 0.15) is 10.5 Å². The Kier molecular flexibility index (Phi) is 3.85. The van der Waals surface area contributed by atoms with Gasteiger partial charge in [-0.25, -0.2) is 0 Å². The lowest BCUT2D eigenvalue weighted by molar-refractivity contribution is 0.102. The van der Waals surface area contributed by atoms with E-state index >= 15 is 0 Å². The van der Waals surface area contributed by atoms with Crippen molar-refractivity contribution in [1.29, 1.82) is 0 Å². The number of carbonyl (C=O) groups excluding carboxylic acids is 1. The second-order valence-electron chi connectivity index (χ2n) is 4.81. The van der Waals surface area contributed by atoms with Crippen LogP contribution in [0.15, 0.2) is 60.8 Å². The average molecular weight is 313 g/mol. The van der Waals surface area contributed by atoms with Crippen LogP contribution in [0.4, 0.5) is 5.69 Å². The van der Waals surface area contributed by atoms with Gasteiger partial charge in [-0.2, -0.15) is 0 Å². The lowest BCUT2D eigenvalue weighted by atomic mass is 10.1. The molecule has 0 aliphatic heterocycles. The van der Waals surface area contributed by atoms with Crippen molar-refractivity contribution in [2.75, 3.05) is 5.32 Å². The lowest BCUT2D eigenvalue weighted by Crippen LogP contribution is -2.11. The standard InChI is InChI=1S/C17H13ClN2O2/c18-13-3-5-14(6-4-13)20-17(22)16-9-12(10-19-16)11-1-7-15(21)8-2-11/h1-10,19,21H,(H,20,22). The van der Waals surface area contributed by atoms with Crippen LogP contribution in [0.25, 0.3) is 11.1 Å². The van der Waals surface area contributed by atoms with Crippen molar-refractivity contribution in [1.82, 2.24) is 4.98 Å². The molecule has 0 unspecified atom stereocenters. The van der Waals surface area contributed by atoms with Crippen LogP contribution in [0.2, 0.25) is 5.02 Å². The predicted molar refractivity (Wildman–Crippen MR) is 87.3 cm³/mol. The van der Waals surface area contributed by atoms with Crippen LogP contribution in [0, 0.1) is 0 Å². The Morgan fingerprint density at radius 3 is 2.36 bits per heavy atom. The molecule has 5 heteroatoms. The molecule has 0 atom stereocenters. The number of halogens is 1. The summed E-state index contributed by atoms with van der Waals surface area (Å²) in [4.78, 5) is 15.1. The Hall–Kier alpha value is -2.72. The smallest absolute Gasteiger partial charge is 0.272 e. The molecule has 0 spiro atoms. The number of H-pyrrole nitrogens is 1. The molecule has 1 amide bonds.